The number of thioether (sulfide) groups is 4. The molecular weight excluding hydrogens is 661 g/mol. The minimum atomic E-state index is -0.663. The van der Waals surface area contributed by atoms with Crippen molar-refractivity contribution in [2.75, 3.05) is 26.4 Å². The molecule has 0 amide bonds. The van der Waals surface area contributed by atoms with Crippen molar-refractivity contribution in [1.29, 1.82) is 10.5 Å². The number of carbonyl (C=O) groups excluding carboxylic acids is 2. The van der Waals surface area contributed by atoms with Gasteiger partial charge < -0.3 is 18.9 Å². The van der Waals surface area contributed by atoms with Crippen molar-refractivity contribution >= 4 is 59.0 Å². The van der Waals surface area contributed by atoms with E-state index >= 15 is 0 Å². The number of rotatable bonds is 18. The first-order chi connectivity index (χ1) is 22.3. The van der Waals surface area contributed by atoms with Gasteiger partial charge in [0.1, 0.15) is 23.6 Å². The van der Waals surface area contributed by atoms with Crippen LogP contribution in [-0.2, 0) is 19.1 Å². The summed E-state index contributed by atoms with van der Waals surface area (Å²) in [5.74, 6) is 0.600. The summed E-state index contributed by atoms with van der Waals surface area (Å²) in [6, 6.07) is 4.11. The van der Waals surface area contributed by atoms with E-state index < -0.39 is 11.9 Å². The monoisotopic (exact) mass is 704 g/mol. The fraction of sp³-hybridized carbons (Fsp3) is 0.588. The molecule has 12 heteroatoms. The largest absolute Gasteiger partial charge is 0.491 e. The van der Waals surface area contributed by atoms with E-state index in [4.69, 9.17) is 18.9 Å². The van der Waals surface area contributed by atoms with Gasteiger partial charge in [0, 0.05) is 0 Å². The van der Waals surface area contributed by atoms with E-state index in [2.05, 4.69) is 39.8 Å². The Kier molecular flexibility index (Phi) is 16.1. The number of nitrogens with zero attached hydrogens (tertiary/aromatic N) is 2. The second-order valence-electron chi connectivity index (χ2n) is 10.8. The molecule has 0 aromatic heterocycles. The van der Waals surface area contributed by atoms with E-state index in [0.29, 0.717) is 45.0 Å². The first kappa shape index (κ1) is 38.1. The summed E-state index contributed by atoms with van der Waals surface area (Å²) in [6.45, 7) is 13.4. The molecule has 2 atom stereocenters. The molecule has 3 rings (SSSR count). The smallest absolute Gasteiger partial charge is 0.350 e. The number of nitriles is 2. The molecule has 46 heavy (non-hydrogen) atoms. The molecule has 1 aromatic carbocycles. The second kappa shape index (κ2) is 19.4. The number of benzene rings is 1. The van der Waals surface area contributed by atoms with Crippen molar-refractivity contribution in [3.05, 3.63) is 19.6 Å². The minimum Gasteiger partial charge on any atom is -0.491 e. The normalized spacial score (nSPS) is 14.4. The number of ether oxygens (including phenoxy) is 4. The SMILES string of the molecule is CCCCC(CC)COc1c2c(c(OCC(CC)CCCC)c3c1SC(=C(C#N)C(=O)OCC)S3)SC(=C(C#N)C(=O)OCC)S2. The predicted molar refractivity (Wildman–Crippen MR) is 186 cm³/mol. The molecular formula is C34H44N2O6S4. The molecule has 0 N–H and O–H groups in total. The van der Waals surface area contributed by atoms with Crippen LogP contribution in [0.4, 0.5) is 0 Å². The van der Waals surface area contributed by atoms with E-state index in [1.165, 1.54) is 47.0 Å². The summed E-state index contributed by atoms with van der Waals surface area (Å²) in [5.41, 5.74) is -0.104. The zero-order valence-electron chi connectivity index (χ0n) is 27.6. The lowest BCUT2D eigenvalue weighted by atomic mass is 10.0. The predicted octanol–water partition coefficient (Wildman–Crippen LogP) is 9.87. The highest BCUT2D eigenvalue weighted by molar-refractivity contribution is 8.26. The average Bonchev–Trinajstić information content (AvgIpc) is 3.68. The van der Waals surface area contributed by atoms with Gasteiger partial charge in [-0.25, -0.2) is 9.59 Å². The van der Waals surface area contributed by atoms with Crippen LogP contribution in [0.15, 0.2) is 39.2 Å². The Morgan fingerprint density at radius 3 is 1.24 bits per heavy atom. The first-order valence-corrected chi connectivity index (χ1v) is 19.4. The summed E-state index contributed by atoms with van der Waals surface area (Å²) >= 11 is 5.24. The van der Waals surface area contributed by atoms with Crippen molar-refractivity contribution in [3.63, 3.8) is 0 Å². The molecule has 0 aliphatic carbocycles. The lowest BCUT2D eigenvalue weighted by Gasteiger charge is -2.22. The van der Waals surface area contributed by atoms with Gasteiger partial charge in [0.2, 0.25) is 0 Å². The van der Waals surface area contributed by atoms with Gasteiger partial charge in [0.05, 0.1) is 54.5 Å². The molecule has 2 aliphatic rings. The van der Waals surface area contributed by atoms with Crippen LogP contribution >= 0.6 is 47.0 Å². The molecule has 1 aromatic rings. The van der Waals surface area contributed by atoms with Gasteiger partial charge in [0.15, 0.2) is 11.1 Å². The highest BCUT2D eigenvalue weighted by Gasteiger charge is 2.40. The molecule has 0 saturated carbocycles. The van der Waals surface area contributed by atoms with Gasteiger partial charge in [-0.2, -0.15) is 10.5 Å². The Labute approximate surface area is 290 Å². The Hall–Kier alpha value is -2.38. The maximum absolute atomic E-state index is 12.8. The Morgan fingerprint density at radius 1 is 0.630 bits per heavy atom. The third-order valence-corrected chi connectivity index (χ3v) is 12.8. The minimum absolute atomic E-state index is 0.0520. The van der Waals surface area contributed by atoms with Gasteiger partial charge >= 0.3 is 11.9 Å². The van der Waals surface area contributed by atoms with Gasteiger partial charge in [-0.3, -0.25) is 0 Å². The molecule has 8 nitrogen and oxygen atoms in total. The molecule has 0 radical (unpaired) electrons. The lowest BCUT2D eigenvalue weighted by Crippen LogP contribution is -2.14. The fourth-order valence-electron chi connectivity index (χ4n) is 4.82. The Morgan fingerprint density at radius 2 is 0.978 bits per heavy atom. The summed E-state index contributed by atoms with van der Waals surface area (Å²) < 4.78 is 24.8. The number of esters is 2. The van der Waals surface area contributed by atoms with E-state index in [-0.39, 0.29) is 24.4 Å². The van der Waals surface area contributed by atoms with Crippen LogP contribution in [0.5, 0.6) is 11.5 Å². The topological polar surface area (TPSA) is 119 Å². The van der Waals surface area contributed by atoms with Crippen molar-refractivity contribution in [2.24, 2.45) is 11.8 Å². The zero-order chi connectivity index (χ0) is 33.6. The van der Waals surface area contributed by atoms with Gasteiger partial charge in [-0.1, -0.05) is 113 Å². The Bertz CT molecular complexity index is 1270. The molecule has 2 unspecified atom stereocenters. The van der Waals surface area contributed by atoms with Crippen LogP contribution in [0, 0.1) is 34.5 Å². The highest BCUT2D eigenvalue weighted by atomic mass is 32.2. The maximum atomic E-state index is 12.8. The van der Waals surface area contributed by atoms with Crippen LogP contribution in [0.2, 0.25) is 0 Å². The van der Waals surface area contributed by atoms with E-state index in [9.17, 15) is 20.1 Å². The third-order valence-electron chi connectivity index (χ3n) is 7.62. The summed E-state index contributed by atoms with van der Waals surface area (Å²) in [4.78, 5) is 28.6. The Balaban J connectivity index is 2.22. The fourth-order valence-corrected chi connectivity index (χ4v) is 10.2. The molecule has 0 saturated heterocycles. The van der Waals surface area contributed by atoms with E-state index in [0.717, 1.165) is 70.9 Å². The number of hydrogen-bond acceptors (Lipinski definition) is 12. The second-order valence-corrected chi connectivity index (χ2v) is 15.4. The van der Waals surface area contributed by atoms with Crippen molar-refractivity contribution in [1.82, 2.24) is 0 Å². The first-order valence-electron chi connectivity index (χ1n) is 16.2. The number of carbonyl (C=O) groups is 2. The molecule has 2 aliphatic heterocycles. The third kappa shape index (κ3) is 9.37. The molecule has 250 valence electrons. The van der Waals surface area contributed by atoms with Gasteiger partial charge in [-0.05, 0) is 38.5 Å². The van der Waals surface area contributed by atoms with Crippen LogP contribution in [0.3, 0.4) is 0 Å². The van der Waals surface area contributed by atoms with Crippen molar-refractivity contribution in [2.45, 2.75) is 112 Å². The number of hydrogen-bond donors (Lipinski definition) is 0. The van der Waals surface area contributed by atoms with Crippen molar-refractivity contribution in [3.8, 4) is 23.6 Å². The van der Waals surface area contributed by atoms with E-state index in [1.807, 2.05) is 0 Å². The summed E-state index contributed by atoms with van der Waals surface area (Å²) in [7, 11) is 0. The quantitative estimate of drug-likeness (QED) is 0.0822. The summed E-state index contributed by atoms with van der Waals surface area (Å²) in [5, 5.41) is 20.0. The standard InChI is InChI=1S/C34H44N2O6S4/c1-7-13-15-21(9-3)19-41-25-27-29(45-33(43-27)23(17-35)31(37)39-11-5)26(42-20-22(10-4)16-14-8-2)30-28(25)44-34(46-30)24(18-36)32(38)40-12-6/h21-22H,7-16,19-20H2,1-6H3. The highest BCUT2D eigenvalue weighted by Crippen LogP contribution is 2.68. The van der Waals surface area contributed by atoms with Crippen molar-refractivity contribution < 1.29 is 28.5 Å². The summed E-state index contributed by atoms with van der Waals surface area (Å²) in [6.07, 6.45) is 8.41. The van der Waals surface area contributed by atoms with E-state index in [1.54, 1.807) is 13.8 Å². The number of unbranched alkanes of at least 4 members (excludes halogenated alkanes) is 2. The maximum Gasteiger partial charge on any atom is 0.350 e. The zero-order valence-corrected chi connectivity index (χ0v) is 30.9. The molecule has 2 heterocycles. The van der Waals surface area contributed by atoms with Gasteiger partial charge in [-0.15, -0.1) is 0 Å². The molecule has 0 fully saturated rings. The van der Waals surface area contributed by atoms with Crippen LogP contribution < -0.4 is 9.47 Å². The van der Waals surface area contributed by atoms with Gasteiger partial charge in [0.25, 0.3) is 0 Å². The van der Waals surface area contributed by atoms with Crippen LogP contribution in [-0.4, -0.2) is 38.4 Å². The van der Waals surface area contributed by atoms with Crippen LogP contribution in [0.25, 0.3) is 0 Å². The molecule has 0 spiro atoms. The van der Waals surface area contributed by atoms with Crippen LogP contribution in [0.1, 0.15) is 92.9 Å². The number of fused-ring (bicyclic) bond motifs is 2. The average molecular weight is 705 g/mol. The molecule has 0 bridgehead atoms. The lowest BCUT2D eigenvalue weighted by molar-refractivity contribution is -0.138.